The predicted molar refractivity (Wildman–Crippen MR) is 115 cm³/mol. The molecule has 4 rings (SSSR count). The van der Waals surface area contributed by atoms with Crippen LogP contribution in [0.25, 0.3) is 11.3 Å². The highest BCUT2D eigenvalue weighted by molar-refractivity contribution is 8.00. The van der Waals surface area contributed by atoms with Crippen LogP contribution in [-0.4, -0.2) is 22.6 Å². The lowest BCUT2D eigenvalue weighted by molar-refractivity contribution is -0.117. The van der Waals surface area contributed by atoms with Crippen molar-refractivity contribution in [1.29, 1.82) is 0 Å². The molecule has 0 radical (unpaired) electrons. The minimum atomic E-state index is -0.0925. The van der Waals surface area contributed by atoms with Gasteiger partial charge in [0.2, 0.25) is 11.8 Å². The molecule has 7 heteroatoms. The number of benzene rings is 2. The molecule has 3 aromatic rings. The maximum Gasteiger partial charge on any atom is 0.236 e. The van der Waals surface area contributed by atoms with Gasteiger partial charge in [-0.1, -0.05) is 30.3 Å². The number of amides is 2. The van der Waals surface area contributed by atoms with Gasteiger partial charge in [0, 0.05) is 27.4 Å². The molecule has 0 spiro atoms. The molecule has 0 saturated heterocycles. The van der Waals surface area contributed by atoms with Crippen LogP contribution in [0.5, 0.6) is 0 Å². The third kappa shape index (κ3) is 4.99. The van der Waals surface area contributed by atoms with Crippen molar-refractivity contribution in [3.63, 3.8) is 0 Å². The zero-order valence-corrected chi connectivity index (χ0v) is 16.7. The Morgan fingerprint density at radius 3 is 2.50 bits per heavy atom. The highest BCUT2D eigenvalue weighted by Gasteiger charge is 2.29. The molecule has 2 amide bonds. The highest BCUT2D eigenvalue weighted by atomic mass is 32.2. The predicted octanol–water partition coefficient (Wildman–Crippen LogP) is 4.89. The van der Waals surface area contributed by atoms with Gasteiger partial charge < -0.3 is 10.6 Å². The van der Waals surface area contributed by atoms with E-state index in [1.807, 2.05) is 60.0 Å². The number of thiazole rings is 1. The zero-order valence-electron chi connectivity index (χ0n) is 15.1. The van der Waals surface area contributed by atoms with Crippen molar-refractivity contribution < 1.29 is 9.59 Å². The van der Waals surface area contributed by atoms with E-state index in [1.165, 1.54) is 23.1 Å². The minimum absolute atomic E-state index is 0.0925. The summed E-state index contributed by atoms with van der Waals surface area (Å²) in [5.41, 5.74) is 2.68. The smallest absolute Gasteiger partial charge is 0.236 e. The van der Waals surface area contributed by atoms with Crippen molar-refractivity contribution in [2.75, 3.05) is 16.4 Å². The summed E-state index contributed by atoms with van der Waals surface area (Å²) in [5, 5.41) is 8.30. The van der Waals surface area contributed by atoms with Gasteiger partial charge in [-0.3, -0.25) is 9.59 Å². The molecule has 142 valence electrons. The maximum absolute atomic E-state index is 12.2. The van der Waals surface area contributed by atoms with Crippen molar-refractivity contribution in [2.45, 2.75) is 17.7 Å². The van der Waals surface area contributed by atoms with E-state index >= 15 is 0 Å². The number of carbonyl (C=O) groups is 2. The Kier molecular flexibility index (Phi) is 5.73. The van der Waals surface area contributed by atoms with Crippen LogP contribution in [0, 0.1) is 5.92 Å². The lowest BCUT2D eigenvalue weighted by Crippen LogP contribution is -2.14. The summed E-state index contributed by atoms with van der Waals surface area (Å²) >= 11 is 2.87. The molecule has 1 aliphatic rings. The van der Waals surface area contributed by atoms with E-state index in [-0.39, 0.29) is 17.7 Å². The van der Waals surface area contributed by atoms with Gasteiger partial charge in [0.1, 0.15) is 0 Å². The van der Waals surface area contributed by atoms with Crippen LogP contribution >= 0.6 is 23.1 Å². The summed E-state index contributed by atoms with van der Waals surface area (Å²) in [6.07, 6.45) is 1.97. The zero-order chi connectivity index (χ0) is 19.3. The fraction of sp³-hybridized carbons (Fsp3) is 0.190. The van der Waals surface area contributed by atoms with Crippen LogP contribution in [0.3, 0.4) is 0 Å². The second-order valence-corrected chi connectivity index (χ2v) is 8.44. The summed E-state index contributed by atoms with van der Waals surface area (Å²) in [6.45, 7) is 0. The molecule has 5 nitrogen and oxygen atoms in total. The van der Waals surface area contributed by atoms with Gasteiger partial charge in [-0.05, 0) is 37.1 Å². The Morgan fingerprint density at radius 1 is 1.04 bits per heavy atom. The summed E-state index contributed by atoms with van der Waals surface area (Å²) < 4.78 is 0. The first kappa shape index (κ1) is 18.7. The molecule has 1 heterocycles. The molecule has 1 saturated carbocycles. The minimum Gasteiger partial charge on any atom is -0.326 e. The first-order valence-corrected chi connectivity index (χ1v) is 10.9. The van der Waals surface area contributed by atoms with Crippen LogP contribution in [0.4, 0.5) is 10.8 Å². The standard InChI is InChI=1S/C21H19N3O2S2/c25-19(24-21-23-18(12-28-21)14-4-2-1-3-5-14)13-27-17-10-8-16(9-11-17)22-20(26)15-6-7-15/h1-5,8-12,15H,6-7,13H2,(H,22,26)(H,23,24,25). The number of carbonyl (C=O) groups excluding carboxylic acids is 2. The molecular weight excluding hydrogens is 390 g/mol. The van der Waals surface area contributed by atoms with Crippen LogP contribution in [0.2, 0.25) is 0 Å². The lowest BCUT2D eigenvalue weighted by Gasteiger charge is -2.06. The molecule has 2 N–H and O–H groups in total. The quantitative estimate of drug-likeness (QED) is 0.545. The Morgan fingerprint density at radius 2 is 1.79 bits per heavy atom. The van der Waals surface area contributed by atoms with Gasteiger partial charge in [0.15, 0.2) is 5.13 Å². The van der Waals surface area contributed by atoms with E-state index in [9.17, 15) is 9.59 Å². The lowest BCUT2D eigenvalue weighted by atomic mass is 10.2. The third-order valence-corrected chi connectivity index (χ3v) is 6.03. The molecule has 2 aromatic carbocycles. The fourth-order valence-electron chi connectivity index (χ4n) is 2.60. The first-order valence-electron chi connectivity index (χ1n) is 9.02. The van der Waals surface area contributed by atoms with Crippen LogP contribution in [0.1, 0.15) is 12.8 Å². The van der Waals surface area contributed by atoms with Crippen molar-refractivity contribution in [3.05, 3.63) is 60.0 Å². The monoisotopic (exact) mass is 409 g/mol. The molecule has 0 atom stereocenters. The normalized spacial score (nSPS) is 13.1. The van der Waals surface area contributed by atoms with E-state index in [0.29, 0.717) is 10.9 Å². The van der Waals surface area contributed by atoms with Gasteiger partial charge in [0.05, 0.1) is 11.4 Å². The number of rotatable bonds is 7. The van der Waals surface area contributed by atoms with Gasteiger partial charge in [-0.2, -0.15) is 0 Å². The van der Waals surface area contributed by atoms with E-state index in [2.05, 4.69) is 15.6 Å². The molecule has 1 aromatic heterocycles. The second kappa shape index (κ2) is 8.58. The van der Waals surface area contributed by atoms with Gasteiger partial charge in [-0.15, -0.1) is 23.1 Å². The Bertz CT molecular complexity index is 967. The molecule has 0 aliphatic heterocycles. The number of anilines is 2. The van der Waals surface area contributed by atoms with Crippen molar-refractivity contribution in [1.82, 2.24) is 4.98 Å². The number of nitrogens with zero attached hydrogens (tertiary/aromatic N) is 1. The molecule has 1 aliphatic carbocycles. The Balaban J connectivity index is 1.26. The van der Waals surface area contributed by atoms with Crippen LogP contribution in [-0.2, 0) is 9.59 Å². The van der Waals surface area contributed by atoms with Gasteiger partial charge in [0.25, 0.3) is 0 Å². The number of hydrogen-bond donors (Lipinski definition) is 2. The van der Waals surface area contributed by atoms with Crippen molar-refractivity contribution in [3.8, 4) is 11.3 Å². The van der Waals surface area contributed by atoms with Gasteiger partial charge in [-0.25, -0.2) is 4.98 Å². The largest absolute Gasteiger partial charge is 0.326 e. The Hall–Kier alpha value is -2.64. The van der Waals surface area contributed by atoms with Crippen molar-refractivity contribution >= 4 is 45.7 Å². The number of thioether (sulfide) groups is 1. The summed E-state index contributed by atoms with van der Waals surface area (Å²) in [7, 11) is 0. The molecular formula is C21H19N3O2S2. The summed E-state index contributed by atoms with van der Waals surface area (Å²) in [5.74, 6) is 0.489. The topological polar surface area (TPSA) is 71.1 Å². The molecule has 0 bridgehead atoms. The fourth-order valence-corrected chi connectivity index (χ4v) is 4.04. The summed E-state index contributed by atoms with van der Waals surface area (Å²) in [4.78, 5) is 29.4. The average molecular weight is 410 g/mol. The Labute approximate surface area is 171 Å². The van der Waals surface area contributed by atoms with Crippen molar-refractivity contribution in [2.24, 2.45) is 5.92 Å². The number of nitrogens with one attached hydrogen (secondary N) is 2. The second-order valence-electron chi connectivity index (χ2n) is 6.53. The maximum atomic E-state index is 12.2. The SMILES string of the molecule is O=C(CSc1ccc(NC(=O)C2CC2)cc1)Nc1nc(-c2ccccc2)cs1. The molecule has 1 fully saturated rings. The van der Waals surface area contributed by atoms with E-state index in [4.69, 9.17) is 0 Å². The van der Waals surface area contributed by atoms with Crippen LogP contribution < -0.4 is 10.6 Å². The molecule has 28 heavy (non-hydrogen) atoms. The number of aromatic nitrogens is 1. The van der Waals surface area contributed by atoms with E-state index < -0.39 is 0 Å². The first-order chi connectivity index (χ1) is 13.7. The average Bonchev–Trinajstić information content (AvgIpc) is 3.48. The van der Waals surface area contributed by atoms with E-state index in [1.54, 1.807) is 0 Å². The van der Waals surface area contributed by atoms with Gasteiger partial charge >= 0.3 is 0 Å². The number of hydrogen-bond acceptors (Lipinski definition) is 5. The van der Waals surface area contributed by atoms with Crippen LogP contribution in [0.15, 0.2) is 64.9 Å². The summed E-state index contributed by atoms with van der Waals surface area (Å²) in [6, 6.07) is 17.4. The van der Waals surface area contributed by atoms with E-state index in [0.717, 1.165) is 34.7 Å². The molecule has 0 unspecified atom stereocenters. The third-order valence-electron chi connectivity index (χ3n) is 4.26. The highest BCUT2D eigenvalue weighted by Crippen LogP contribution is 2.30.